The fourth-order valence-electron chi connectivity index (χ4n) is 2.50. The summed E-state index contributed by atoms with van der Waals surface area (Å²) in [5.74, 6) is -0.594. The summed E-state index contributed by atoms with van der Waals surface area (Å²) in [6.07, 6.45) is 0. The normalized spacial score (nSPS) is 16.2. The third-order valence-corrected chi connectivity index (χ3v) is 5.35. The number of rotatable bonds is 4. The average Bonchev–Trinajstić information content (AvgIpc) is 2.54. The van der Waals surface area contributed by atoms with Crippen molar-refractivity contribution in [3.63, 3.8) is 0 Å². The van der Waals surface area contributed by atoms with Gasteiger partial charge in [0.1, 0.15) is 10.1 Å². The second-order valence-corrected chi connectivity index (χ2v) is 8.52. The van der Waals surface area contributed by atoms with Crippen molar-refractivity contribution in [1.82, 2.24) is 0 Å². The molecule has 1 aromatic rings. The quantitative estimate of drug-likeness (QED) is 0.351. The molecule has 1 aliphatic heterocycles. The van der Waals surface area contributed by atoms with E-state index in [2.05, 4.69) is 6.58 Å². The van der Waals surface area contributed by atoms with Crippen molar-refractivity contribution in [2.45, 2.75) is 24.2 Å². The summed E-state index contributed by atoms with van der Waals surface area (Å²) in [5, 5.41) is 0. The average molecular weight is 424 g/mol. The first kappa shape index (κ1) is 25.9. The monoisotopic (exact) mass is 423 g/mol. The molecular weight excluding hydrogens is 408 g/mol. The molecule has 11 heteroatoms. The molecule has 1 aromatic carbocycles. The van der Waals surface area contributed by atoms with Gasteiger partial charge in [0, 0.05) is 23.3 Å². The van der Waals surface area contributed by atoms with Crippen LogP contribution < -0.4 is 108 Å². The van der Waals surface area contributed by atoms with Gasteiger partial charge in [0.15, 0.2) is 0 Å². The van der Waals surface area contributed by atoms with Gasteiger partial charge >= 0.3 is 103 Å². The molecular formula is C13H15K2NO6S2. The number of hydrogen-bond acceptors (Lipinski definition) is 7. The van der Waals surface area contributed by atoms with Crippen molar-refractivity contribution in [2.75, 3.05) is 17.2 Å². The molecule has 0 unspecified atom stereocenters. The number of benzene rings is 1. The Morgan fingerprint density at radius 2 is 1.67 bits per heavy atom. The first-order chi connectivity index (χ1) is 9.84. The summed E-state index contributed by atoms with van der Waals surface area (Å²) in [7, 11) is -8.97. The van der Waals surface area contributed by atoms with Crippen molar-refractivity contribution >= 4 is 25.9 Å². The van der Waals surface area contributed by atoms with Crippen LogP contribution in [-0.4, -0.2) is 38.2 Å². The molecule has 0 aliphatic carbocycles. The van der Waals surface area contributed by atoms with Crippen LogP contribution in [0.1, 0.15) is 19.4 Å². The molecule has 2 rings (SSSR count). The number of nitrogens with zero attached hydrogens (tertiary/aromatic N) is 1. The van der Waals surface area contributed by atoms with Crippen LogP contribution in [0, 0.1) is 0 Å². The van der Waals surface area contributed by atoms with Crippen molar-refractivity contribution in [3.8, 4) is 0 Å². The molecule has 0 bridgehead atoms. The smallest absolute Gasteiger partial charge is 0.748 e. The van der Waals surface area contributed by atoms with E-state index >= 15 is 0 Å². The van der Waals surface area contributed by atoms with Gasteiger partial charge in [0.25, 0.3) is 0 Å². The van der Waals surface area contributed by atoms with Crippen LogP contribution in [0.5, 0.6) is 0 Å². The van der Waals surface area contributed by atoms with E-state index in [9.17, 15) is 25.9 Å². The number of allylic oxidation sites excluding steroid dienone is 1. The van der Waals surface area contributed by atoms with E-state index in [4.69, 9.17) is 0 Å². The largest absolute Gasteiger partial charge is 1.00 e. The molecule has 0 amide bonds. The van der Waals surface area contributed by atoms with Crippen LogP contribution in [0.15, 0.2) is 35.4 Å². The van der Waals surface area contributed by atoms with Gasteiger partial charge in [-0.25, -0.2) is 16.8 Å². The van der Waals surface area contributed by atoms with Crippen molar-refractivity contribution in [2.24, 2.45) is 0 Å². The van der Waals surface area contributed by atoms with E-state index in [0.29, 0.717) is 16.9 Å². The second kappa shape index (κ2) is 8.90. The second-order valence-electron chi connectivity index (χ2n) is 5.62. The molecule has 0 fully saturated rings. The summed E-state index contributed by atoms with van der Waals surface area (Å²) < 4.78 is 65.9. The molecule has 1 aliphatic rings. The molecule has 0 radical (unpaired) electrons. The van der Waals surface area contributed by atoms with Gasteiger partial charge in [-0.2, -0.15) is 0 Å². The third-order valence-electron chi connectivity index (χ3n) is 3.83. The van der Waals surface area contributed by atoms with Crippen LogP contribution >= 0.6 is 0 Å². The number of hydrogen-bond donors (Lipinski definition) is 0. The molecule has 0 atom stereocenters. The SMILES string of the molecule is C=C1N(CCS(=O)(=O)[O-])c2ccc(S(=O)(=O)[O-])cc2C1(C)C.[K+].[K+]. The standard InChI is InChI=1S/C13H17NO6S2.2K/c1-9-13(2,3)11-8-10(22(18,19)20)4-5-12(11)14(9)6-7-21(15,16)17;;/h4-5,8H,1,6-7H2,2-3H3,(H,15,16,17)(H,18,19,20);;/q;2*+1/p-2. The topological polar surface area (TPSA) is 118 Å². The summed E-state index contributed by atoms with van der Waals surface area (Å²) >= 11 is 0. The minimum atomic E-state index is -4.59. The first-order valence-electron chi connectivity index (χ1n) is 6.35. The number of anilines is 1. The molecule has 0 spiro atoms. The predicted octanol–water partition coefficient (Wildman–Crippen LogP) is -5.24. The summed E-state index contributed by atoms with van der Waals surface area (Å²) in [6, 6.07) is 3.86. The van der Waals surface area contributed by atoms with Gasteiger partial charge in [0.05, 0.1) is 20.8 Å². The Bertz CT molecular complexity index is 849. The van der Waals surface area contributed by atoms with Crippen LogP contribution in [0.4, 0.5) is 5.69 Å². The van der Waals surface area contributed by atoms with E-state index < -0.39 is 31.4 Å². The predicted molar refractivity (Wildman–Crippen MR) is 78.5 cm³/mol. The van der Waals surface area contributed by atoms with Gasteiger partial charge in [-0.3, -0.25) is 0 Å². The summed E-state index contributed by atoms with van der Waals surface area (Å²) in [6.45, 7) is 7.38. The van der Waals surface area contributed by atoms with Gasteiger partial charge in [0.2, 0.25) is 0 Å². The fraction of sp³-hybridized carbons (Fsp3) is 0.385. The zero-order chi connectivity index (χ0) is 16.9. The minimum Gasteiger partial charge on any atom is -0.748 e. The van der Waals surface area contributed by atoms with Crippen LogP contribution in [-0.2, 0) is 25.7 Å². The zero-order valence-electron chi connectivity index (χ0n) is 14.1. The van der Waals surface area contributed by atoms with Gasteiger partial charge in [-0.15, -0.1) is 0 Å². The Morgan fingerprint density at radius 1 is 1.12 bits per heavy atom. The maximum Gasteiger partial charge on any atom is 1.00 e. The zero-order valence-corrected chi connectivity index (χ0v) is 21.9. The Hall–Kier alpha value is 1.85. The van der Waals surface area contributed by atoms with Crippen LogP contribution in [0.3, 0.4) is 0 Å². The minimum absolute atomic E-state index is 0. The molecule has 0 N–H and O–H groups in total. The van der Waals surface area contributed by atoms with Gasteiger partial charge in [-0.05, 0) is 23.8 Å². The Morgan fingerprint density at radius 3 is 2.12 bits per heavy atom. The van der Waals surface area contributed by atoms with Crippen LogP contribution in [0.2, 0.25) is 0 Å². The Labute approximate surface area is 227 Å². The third kappa shape index (κ3) is 5.67. The molecule has 122 valence electrons. The molecule has 24 heavy (non-hydrogen) atoms. The Kier molecular flexibility index (Phi) is 9.59. The number of fused-ring (bicyclic) bond motifs is 1. The van der Waals surface area contributed by atoms with E-state index in [-0.39, 0.29) is 114 Å². The van der Waals surface area contributed by atoms with E-state index in [1.807, 2.05) is 0 Å². The van der Waals surface area contributed by atoms with Crippen molar-refractivity contribution in [1.29, 1.82) is 0 Å². The molecule has 0 aromatic heterocycles. The summed E-state index contributed by atoms with van der Waals surface area (Å²) in [4.78, 5) is 1.21. The molecule has 0 saturated heterocycles. The summed E-state index contributed by atoms with van der Waals surface area (Å²) in [5.41, 5.74) is 0.957. The van der Waals surface area contributed by atoms with Gasteiger partial charge < -0.3 is 14.0 Å². The van der Waals surface area contributed by atoms with Crippen LogP contribution in [0.25, 0.3) is 0 Å². The van der Waals surface area contributed by atoms with Gasteiger partial charge in [-0.1, -0.05) is 20.4 Å². The molecule has 0 saturated carbocycles. The van der Waals surface area contributed by atoms with E-state index in [0.717, 1.165) is 6.07 Å². The Balaban J connectivity index is 0.00000264. The van der Waals surface area contributed by atoms with Crippen molar-refractivity contribution in [3.05, 3.63) is 36.0 Å². The molecule has 1 heterocycles. The maximum absolute atomic E-state index is 11.2. The molecule has 7 nitrogen and oxygen atoms in total. The maximum atomic E-state index is 11.2. The first-order valence-corrected chi connectivity index (χ1v) is 9.33. The van der Waals surface area contributed by atoms with Crippen molar-refractivity contribution < 1.29 is 129 Å². The van der Waals surface area contributed by atoms with E-state index in [1.165, 1.54) is 12.1 Å². The van der Waals surface area contributed by atoms with E-state index in [1.54, 1.807) is 18.7 Å². The fourth-order valence-corrected chi connectivity index (χ4v) is 3.41.